The first kappa shape index (κ1) is 16.8. The quantitative estimate of drug-likeness (QED) is 0.418. The van der Waals surface area contributed by atoms with E-state index in [1.807, 2.05) is 54.6 Å². The van der Waals surface area contributed by atoms with Gasteiger partial charge >= 0.3 is 5.97 Å². The Labute approximate surface area is 159 Å². The molecule has 3 aromatic rings. The number of carboxylic acids is 1. The molecule has 4 rings (SSSR count). The van der Waals surface area contributed by atoms with Gasteiger partial charge in [0, 0.05) is 0 Å². The summed E-state index contributed by atoms with van der Waals surface area (Å²) < 4.78 is 0.271. The Hall–Kier alpha value is -2.70. The first-order valence-electron chi connectivity index (χ1n) is 7.92. The summed E-state index contributed by atoms with van der Waals surface area (Å²) in [7, 11) is 0. The number of aliphatic carboxylic acids is 1. The van der Waals surface area contributed by atoms with Crippen LogP contribution < -0.4 is 0 Å². The van der Waals surface area contributed by atoms with Crippen LogP contribution in [-0.2, 0) is 9.59 Å². The summed E-state index contributed by atoms with van der Waals surface area (Å²) in [4.78, 5) is 25.2. The average molecular weight is 379 g/mol. The third-order valence-electron chi connectivity index (χ3n) is 4.26. The minimum atomic E-state index is -1.09. The Balaban J connectivity index is 1.91. The summed E-state index contributed by atoms with van der Waals surface area (Å²) in [5, 5.41) is 13.2. The second-order valence-electron chi connectivity index (χ2n) is 5.89. The van der Waals surface area contributed by atoms with Crippen molar-refractivity contribution in [3.8, 4) is 0 Å². The van der Waals surface area contributed by atoms with Crippen molar-refractivity contribution in [2.24, 2.45) is 0 Å². The third kappa shape index (κ3) is 2.87. The number of hydrogen-bond acceptors (Lipinski definition) is 4. The molecule has 0 unspecified atom stereocenters. The van der Waals surface area contributed by atoms with E-state index in [-0.39, 0.29) is 10.2 Å². The van der Waals surface area contributed by atoms with Gasteiger partial charge < -0.3 is 5.11 Å². The lowest BCUT2D eigenvalue weighted by atomic mass is 9.96. The second-order valence-corrected chi connectivity index (χ2v) is 7.57. The molecule has 1 aliphatic heterocycles. The predicted octanol–water partition coefficient (Wildman–Crippen LogP) is 4.28. The number of fused-ring (bicyclic) bond motifs is 2. The van der Waals surface area contributed by atoms with Crippen LogP contribution in [0.3, 0.4) is 0 Å². The van der Waals surface area contributed by atoms with E-state index in [1.165, 1.54) is 0 Å². The number of carboxylic acid groups (broad SMARTS) is 1. The molecule has 1 N–H and O–H groups in total. The number of thioether (sulfide) groups is 1. The van der Waals surface area contributed by atoms with Crippen LogP contribution in [-0.4, -0.2) is 32.7 Å². The molecule has 0 bridgehead atoms. The monoisotopic (exact) mass is 379 g/mol. The van der Waals surface area contributed by atoms with Crippen LogP contribution in [0.5, 0.6) is 0 Å². The maximum absolute atomic E-state index is 12.6. The van der Waals surface area contributed by atoms with E-state index in [4.69, 9.17) is 17.3 Å². The van der Waals surface area contributed by atoms with Gasteiger partial charge in [0.05, 0.1) is 4.91 Å². The zero-order valence-corrected chi connectivity index (χ0v) is 15.1. The number of rotatable bonds is 3. The first-order valence-corrected chi connectivity index (χ1v) is 9.15. The second kappa shape index (κ2) is 6.55. The highest BCUT2D eigenvalue weighted by atomic mass is 32.2. The fourth-order valence-corrected chi connectivity index (χ4v) is 4.34. The van der Waals surface area contributed by atoms with Crippen LogP contribution in [0.1, 0.15) is 5.56 Å². The van der Waals surface area contributed by atoms with Gasteiger partial charge in [-0.05, 0) is 39.3 Å². The van der Waals surface area contributed by atoms with Crippen molar-refractivity contribution in [2.45, 2.75) is 0 Å². The molecule has 0 saturated carbocycles. The Bertz CT molecular complexity index is 1070. The van der Waals surface area contributed by atoms with Crippen LogP contribution in [0, 0.1) is 0 Å². The van der Waals surface area contributed by atoms with Crippen LogP contribution in [0.25, 0.3) is 27.6 Å². The highest BCUT2D eigenvalue weighted by molar-refractivity contribution is 8.26. The fraction of sp³-hybridized carbons (Fsp3) is 0.0500. The van der Waals surface area contributed by atoms with Crippen molar-refractivity contribution in [2.75, 3.05) is 6.54 Å². The molecule has 26 heavy (non-hydrogen) atoms. The number of hydrogen-bond donors (Lipinski definition) is 1. The lowest BCUT2D eigenvalue weighted by molar-refractivity contribution is -0.140. The Morgan fingerprint density at radius 2 is 1.65 bits per heavy atom. The van der Waals surface area contributed by atoms with Gasteiger partial charge in [-0.3, -0.25) is 14.5 Å². The summed E-state index contributed by atoms with van der Waals surface area (Å²) in [6.45, 7) is -0.418. The first-order chi connectivity index (χ1) is 12.5. The highest BCUT2D eigenvalue weighted by Crippen LogP contribution is 2.36. The molecule has 4 nitrogen and oxygen atoms in total. The summed E-state index contributed by atoms with van der Waals surface area (Å²) >= 11 is 6.33. The zero-order valence-electron chi connectivity index (χ0n) is 13.5. The third-order valence-corrected chi connectivity index (χ3v) is 5.63. The van der Waals surface area contributed by atoms with Crippen molar-refractivity contribution in [1.82, 2.24) is 4.90 Å². The van der Waals surface area contributed by atoms with Gasteiger partial charge in [-0.1, -0.05) is 72.5 Å². The fourth-order valence-electron chi connectivity index (χ4n) is 3.11. The minimum Gasteiger partial charge on any atom is -0.480 e. The number of carbonyl (C=O) groups is 2. The smallest absolute Gasteiger partial charge is 0.323 e. The highest BCUT2D eigenvalue weighted by Gasteiger charge is 2.33. The molecule has 0 atom stereocenters. The standard InChI is InChI=1S/C20H13NO3S2/c22-18(23)11-21-19(24)17(26-20(21)25)10-16-14-7-3-1-5-12(14)9-13-6-2-4-8-15(13)16/h1-10H,11H2,(H,22,23). The van der Waals surface area contributed by atoms with Crippen LogP contribution in [0.2, 0.25) is 0 Å². The Morgan fingerprint density at radius 3 is 2.23 bits per heavy atom. The van der Waals surface area contributed by atoms with E-state index >= 15 is 0 Å². The van der Waals surface area contributed by atoms with E-state index in [9.17, 15) is 9.59 Å². The van der Waals surface area contributed by atoms with Crippen molar-refractivity contribution < 1.29 is 14.7 Å². The van der Waals surface area contributed by atoms with Crippen LogP contribution >= 0.6 is 24.0 Å². The van der Waals surface area contributed by atoms with Crippen molar-refractivity contribution in [3.05, 3.63) is 65.1 Å². The van der Waals surface area contributed by atoms with Crippen molar-refractivity contribution >= 4 is 67.8 Å². The molecule has 1 aliphatic rings. The van der Waals surface area contributed by atoms with E-state index in [1.54, 1.807) is 0 Å². The molecule has 1 fully saturated rings. The predicted molar refractivity (Wildman–Crippen MR) is 109 cm³/mol. The average Bonchev–Trinajstić information content (AvgIpc) is 2.88. The molecular formula is C20H13NO3S2. The molecule has 128 valence electrons. The van der Waals surface area contributed by atoms with Crippen molar-refractivity contribution in [1.29, 1.82) is 0 Å². The molecule has 1 saturated heterocycles. The zero-order chi connectivity index (χ0) is 18.3. The SMILES string of the molecule is O=C(O)CN1C(=O)C(=Cc2c3ccccc3cc3ccccc23)SC1=S. The lowest BCUT2D eigenvalue weighted by Crippen LogP contribution is -2.33. The topological polar surface area (TPSA) is 57.6 Å². The van der Waals surface area contributed by atoms with E-state index in [0.29, 0.717) is 4.91 Å². The molecule has 0 radical (unpaired) electrons. The van der Waals surface area contributed by atoms with Gasteiger partial charge in [-0.15, -0.1) is 0 Å². The van der Waals surface area contributed by atoms with Crippen LogP contribution in [0.4, 0.5) is 0 Å². The molecule has 0 aromatic heterocycles. The molecule has 6 heteroatoms. The van der Waals surface area contributed by atoms with Gasteiger partial charge in [0.2, 0.25) is 0 Å². The number of nitrogens with zero attached hydrogens (tertiary/aromatic N) is 1. The van der Waals surface area contributed by atoms with Crippen molar-refractivity contribution in [3.63, 3.8) is 0 Å². The van der Waals surface area contributed by atoms with Gasteiger partial charge in [0.15, 0.2) is 0 Å². The molecule has 1 heterocycles. The molecule has 0 spiro atoms. The number of amides is 1. The maximum Gasteiger partial charge on any atom is 0.323 e. The molecular weight excluding hydrogens is 366 g/mol. The number of benzene rings is 3. The largest absolute Gasteiger partial charge is 0.480 e. The van der Waals surface area contributed by atoms with Gasteiger partial charge in [0.1, 0.15) is 10.9 Å². The summed E-state index contributed by atoms with van der Waals surface area (Å²) in [6, 6.07) is 18.1. The van der Waals surface area contributed by atoms with Gasteiger partial charge in [-0.25, -0.2) is 0 Å². The lowest BCUT2D eigenvalue weighted by Gasteiger charge is -2.11. The molecule has 0 aliphatic carbocycles. The van der Waals surface area contributed by atoms with Gasteiger partial charge in [-0.2, -0.15) is 0 Å². The Kier molecular flexibility index (Phi) is 4.22. The maximum atomic E-state index is 12.6. The van der Waals surface area contributed by atoms with Crippen LogP contribution in [0.15, 0.2) is 59.5 Å². The summed E-state index contributed by atoms with van der Waals surface area (Å²) in [5.74, 6) is -1.45. The number of carbonyl (C=O) groups excluding carboxylic acids is 1. The Morgan fingerprint density at radius 1 is 1.08 bits per heavy atom. The molecule has 1 amide bonds. The summed E-state index contributed by atoms with van der Waals surface area (Å²) in [5.41, 5.74) is 0.939. The minimum absolute atomic E-state index is 0.271. The normalized spacial score (nSPS) is 16.2. The van der Waals surface area contributed by atoms with E-state index in [2.05, 4.69) is 6.07 Å². The van der Waals surface area contributed by atoms with Gasteiger partial charge in [0.25, 0.3) is 5.91 Å². The summed E-state index contributed by atoms with van der Waals surface area (Å²) in [6.07, 6.45) is 1.83. The molecule has 3 aromatic carbocycles. The van der Waals surface area contributed by atoms with E-state index in [0.717, 1.165) is 43.8 Å². The number of thiocarbonyl (C=S) groups is 1. The van der Waals surface area contributed by atoms with E-state index < -0.39 is 12.5 Å².